The van der Waals surface area contributed by atoms with Gasteiger partial charge in [-0.25, -0.2) is 8.42 Å². The second kappa shape index (κ2) is 8.36. The first-order valence-electron chi connectivity index (χ1n) is 7.82. The number of hydrogen-bond donors (Lipinski definition) is 1. The van der Waals surface area contributed by atoms with Gasteiger partial charge in [0.1, 0.15) is 0 Å². The topological polar surface area (TPSA) is 66.5 Å². The fraction of sp³-hybridized carbons (Fsp3) is 0.278. The van der Waals surface area contributed by atoms with E-state index in [1.54, 1.807) is 24.3 Å². The number of rotatable bonds is 7. The third-order valence-electron chi connectivity index (χ3n) is 3.80. The standard InChI is InChI=1S/C18H21ClN2O3S/c1-14-7-3-4-8-15(14)13-20-18(22)11-12-21(25(2,23)24)17-10-6-5-9-16(17)19/h3-10H,11-13H2,1-2H3,(H,20,22). The molecule has 2 aromatic carbocycles. The van der Waals surface area contributed by atoms with Gasteiger partial charge in [0, 0.05) is 19.5 Å². The minimum Gasteiger partial charge on any atom is -0.352 e. The molecule has 0 spiro atoms. The van der Waals surface area contributed by atoms with Crippen molar-refractivity contribution in [2.24, 2.45) is 0 Å². The lowest BCUT2D eigenvalue weighted by atomic mass is 10.1. The van der Waals surface area contributed by atoms with Crippen LogP contribution >= 0.6 is 11.6 Å². The molecule has 25 heavy (non-hydrogen) atoms. The van der Waals surface area contributed by atoms with Gasteiger partial charge in [0.15, 0.2) is 0 Å². The lowest BCUT2D eigenvalue weighted by molar-refractivity contribution is -0.121. The molecule has 134 valence electrons. The Kier molecular flexibility index (Phi) is 6.45. The third kappa shape index (κ3) is 5.47. The van der Waals surface area contributed by atoms with Crippen LogP contribution in [0.4, 0.5) is 5.69 Å². The van der Waals surface area contributed by atoms with Crippen LogP contribution in [0.25, 0.3) is 0 Å². The monoisotopic (exact) mass is 380 g/mol. The van der Waals surface area contributed by atoms with E-state index in [4.69, 9.17) is 11.6 Å². The fourth-order valence-corrected chi connectivity index (χ4v) is 3.64. The maximum Gasteiger partial charge on any atom is 0.232 e. The summed E-state index contributed by atoms with van der Waals surface area (Å²) in [6.45, 7) is 2.42. The van der Waals surface area contributed by atoms with Crippen molar-refractivity contribution in [3.8, 4) is 0 Å². The van der Waals surface area contributed by atoms with Crippen molar-refractivity contribution in [1.82, 2.24) is 5.32 Å². The van der Waals surface area contributed by atoms with Gasteiger partial charge in [-0.15, -0.1) is 0 Å². The molecule has 1 N–H and O–H groups in total. The van der Waals surface area contributed by atoms with Gasteiger partial charge in [-0.1, -0.05) is 48.0 Å². The molecule has 2 rings (SSSR count). The summed E-state index contributed by atoms with van der Waals surface area (Å²) in [5.41, 5.74) is 2.50. The van der Waals surface area contributed by atoms with E-state index in [1.807, 2.05) is 31.2 Å². The van der Waals surface area contributed by atoms with Crippen molar-refractivity contribution in [3.05, 3.63) is 64.7 Å². The summed E-state index contributed by atoms with van der Waals surface area (Å²) in [6.07, 6.45) is 1.14. The average Bonchev–Trinajstić information content (AvgIpc) is 2.54. The summed E-state index contributed by atoms with van der Waals surface area (Å²) in [7, 11) is -3.54. The highest BCUT2D eigenvalue weighted by Crippen LogP contribution is 2.27. The summed E-state index contributed by atoms with van der Waals surface area (Å²) >= 11 is 6.09. The van der Waals surface area contributed by atoms with Crippen LogP contribution in [0.3, 0.4) is 0 Å². The molecule has 0 fully saturated rings. The predicted octanol–water partition coefficient (Wildman–Crippen LogP) is 3.12. The number of hydrogen-bond acceptors (Lipinski definition) is 3. The van der Waals surface area contributed by atoms with Gasteiger partial charge in [-0.2, -0.15) is 0 Å². The zero-order chi connectivity index (χ0) is 18.4. The Bertz CT molecular complexity index is 853. The predicted molar refractivity (Wildman–Crippen MR) is 101 cm³/mol. The van der Waals surface area contributed by atoms with E-state index in [9.17, 15) is 13.2 Å². The van der Waals surface area contributed by atoms with E-state index < -0.39 is 10.0 Å². The second-order valence-electron chi connectivity index (χ2n) is 5.74. The summed E-state index contributed by atoms with van der Waals surface area (Å²) in [6, 6.07) is 14.4. The molecule has 0 unspecified atom stereocenters. The van der Waals surface area contributed by atoms with Gasteiger partial charge in [0.05, 0.1) is 17.0 Å². The molecule has 0 aliphatic rings. The number of carbonyl (C=O) groups is 1. The van der Waals surface area contributed by atoms with Crippen LogP contribution in [0.2, 0.25) is 5.02 Å². The number of halogens is 1. The first-order chi connectivity index (χ1) is 11.8. The zero-order valence-electron chi connectivity index (χ0n) is 14.2. The number of nitrogens with zero attached hydrogens (tertiary/aromatic N) is 1. The summed E-state index contributed by atoms with van der Waals surface area (Å²) in [5, 5.41) is 3.15. The number of benzene rings is 2. The van der Waals surface area contributed by atoms with Gasteiger partial charge in [0.25, 0.3) is 0 Å². The van der Waals surface area contributed by atoms with Crippen LogP contribution in [0, 0.1) is 6.92 Å². The molecule has 1 amide bonds. The minimum atomic E-state index is -3.54. The summed E-state index contributed by atoms with van der Waals surface area (Å²) in [4.78, 5) is 12.1. The molecule has 0 aliphatic heterocycles. The lowest BCUT2D eigenvalue weighted by Gasteiger charge is -2.23. The van der Waals surface area contributed by atoms with Crippen LogP contribution in [0.5, 0.6) is 0 Å². The SMILES string of the molecule is Cc1ccccc1CNC(=O)CCN(c1ccccc1Cl)S(C)(=O)=O. The zero-order valence-corrected chi connectivity index (χ0v) is 15.8. The van der Waals surface area contributed by atoms with E-state index in [0.29, 0.717) is 17.3 Å². The summed E-state index contributed by atoms with van der Waals surface area (Å²) < 4.78 is 25.3. The van der Waals surface area contributed by atoms with E-state index in [2.05, 4.69) is 5.32 Å². The number of aryl methyl sites for hydroxylation is 1. The molecular formula is C18H21ClN2O3S. The molecule has 7 heteroatoms. The number of anilines is 1. The molecule has 0 saturated carbocycles. The first kappa shape index (κ1) is 19.3. The van der Waals surface area contributed by atoms with Gasteiger partial charge in [-0.3, -0.25) is 9.10 Å². The highest BCUT2D eigenvalue weighted by atomic mass is 35.5. The maximum atomic E-state index is 12.1. The van der Waals surface area contributed by atoms with Gasteiger partial charge in [-0.05, 0) is 30.2 Å². The van der Waals surface area contributed by atoms with Crippen molar-refractivity contribution in [3.63, 3.8) is 0 Å². The molecule has 2 aromatic rings. The smallest absolute Gasteiger partial charge is 0.232 e. The number of sulfonamides is 1. The lowest BCUT2D eigenvalue weighted by Crippen LogP contribution is -2.34. The van der Waals surface area contributed by atoms with E-state index in [1.165, 1.54) is 0 Å². The Labute approximate surface area is 153 Å². The normalized spacial score (nSPS) is 11.2. The largest absolute Gasteiger partial charge is 0.352 e. The van der Waals surface area contributed by atoms with E-state index in [-0.39, 0.29) is 18.9 Å². The van der Waals surface area contributed by atoms with Crippen LogP contribution < -0.4 is 9.62 Å². The molecule has 0 atom stereocenters. The quantitative estimate of drug-likeness (QED) is 0.802. The average molecular weight is 381 g/mol. The fourth-order valence-electron chi connectivity index (χ4n) is 2.41. The molecule has 0 saturated heterocycles. The van der Waals surface area contributed by atoms with E-state index in [0.717, 1.165) is 21.7 Å². The van der Waals surface area contributed by atoms with Gasteiger partial charge in [0.2, 0.25) is 15.9 Å². The van der Waals surface area contributed by atoms with Crippen LogP contribution in [0.15, 0.2) is 48.5 Å². The minimum absolute atomic E-state index is 0.0299. The Morgan fingerprint density at radius 3 is 2.40 bits per heavy atom. The Hall–Kier alpha value is -2.05. The third-order valence-corrected chi connectivity index (χ3v) is 5.30. The van der Waals surface area contributed by atoms with Crippen LogP contribution in [0.1, 0.15) is 17.5 Å². The number of carbonyl (C=O) groups excluding carboxylic acids is 1. The Morgan fingerprint density at radius 1 is 1.12 bits per heavy atom. The van der Waals surface area contributed by atoms with Crippen molar-refractivity contribution in [2.45, 2.75) is 19.9 Å². The molecule has 0 radical (unpaired) electrons. The van der Waals surface area contributed by atoms with Crippen LogP contribution in [-0.2, 0) is 21.4 Å². The number of nitrogens with one attached hydrogen (secondary N) is 1. The highest BCUT2D eigenvalue weighted by molar-refractivity contribution is 7.92. The van der Waals surface area contributed by atoms with E-state index >= 15 is 0 Å². The highest BCUT2D eigenvalue weighted by Gasteiger charge is 2.20. The van der Waals surface area contributed by atoms with Crippen molar-refractivity contribution < 1.29 is 13.2 Å². The maximum absolute atomic E-state index is 12.1. The molecule has 0 bridgehead atoms. The van der Waals surface area contributed by atoms with Crippen molar-refractivity contribution in [2.75, 3.05) is 17.1 Å². The Balaban J connectivity index is 2.00. The number of amides is 1. The second-order valence-corrected chi connectivity index (χ2v) is 8.05. The molecular weight excluding hydrogens is 360 g/mol. The molecule has 0 aromatic heterocycles. The Morgan fingerprint density at radius 2 is 1.76 bits per heavy atom. The van der Waals surface area contributed by atoms with Gasteiger partial charge >= 0.3 is 0 Å². The molecule has 0 aliphatic carbocycles. The number of para-hydroxylation sites is 1. The summed E-state index contributed by atoms with van der Waals surface area (Å²) in [5.74, 6) is -0.219. The molecule has 0 heterocycles. The molecule has 5 nitrogen and oxygen atoms in total. The first-order valence-corrected chi connectivity index (χ1v) is 10.0. The van der Waals surface area contributed by atoms with Crippen LogP contribution in [-0.4, -0.2) is 27.1 Å². The van der Waals surface area contributed by atoms with Crippen molar-refractivity contribution in [1.29, 1.82) is 0 Å². The van der Waals surface area contributed by atoms with Crippen molar-refractivity contribution >= 4 is 33.2 Å². The van der Waals surface area contributed by atoms with Gasteiger partial charge < -0.3 is 5.32 Å².